The predicted molar refractivity (Wildman–Crippen MR) is 42.9 cm³/mol. The van der Waals surface area contributed by atoms with Gasteiger partial charge in [-0.2, -0.15) is 11.8 Å². The maximum Gasteiger partial charge on any atom is 0.225 e. The normalized spacial score (nSPS) is 27.3. The van der Waals surface area contributed by atoms with E-state index in [1.54, 1.807) is 11.8 Å². The molecule has 1 atom stereocenters. The van der Waals surface area contributed by atoms with Gasteiger partial charge in [0.1, 0.15) is 0 Å². The first kappa shape index (κ1) is 7.88. The lowest BCUT2D eigenvalue weighted by molar-refractivity contribution is -0.123. The van der Waals surface area contributed by atoms with Crippen molar-refractivity contribution in [3.8, 4) is 0 Å². The minimum absolute atomic E-state index is 0.0347. The van der Waals surface area contributed by atoms with E-state index in [0.717, 1.165) is 18.1 Å². The molecule has 4 heteroatoms. The Morgan fingerprint density at radius 2 is 2.60 bits per heavy atom. The lowest BCUT2D eigenvalue weighted by Crippen LogP contribution is -2.34. The molecule has 3 N–H and O–H groups in total. The van der Waals surface area contributed by atoms with Gasteiger partial charge in [0.25, 0.3) is 0 Å². The van der Waals surface area contributed by atoms with Crippen LogP contribution in [0.3, 0.4) is 0 Å². The fraction of sp³-hybridized carbons (Fsp3) is 0.833. The quantitative estimate of drug-likeness (QED) is 0.540. The van der Waals surface area contributed by atoms with Crippen LogP contribution in [0.25, 0.3) is 0 Å². The van der Waals surface area contributed by atoms with Crippen molar-refractivity contribution >= 4 is 17.7 Å². The summed E-state index contributed by atoms with van der Waals surface area (Å²) in [6, 6.07) is 0. The first-order valence-corrected chi connectivity index (χ1v) is 4.55. The Morgan fingerprint density at radius 1 is 1.80 bits per heavy atom. The maximum absolute atomic E-state index is 11.0. The molecule has 0 aliphatic carbocycles. The van der Waals surface area contributed by atoms with Gasteiger partial charge in [-0.3, -0.25) is 4.79 Å². The van der Waals surface area contributed by atoms with E-state index in [1.165, 1.54) is 0 Å². The van der Waals surface area contributed by atoms with Crippen LogP contribution in [0, 0.1) is 5.92 Å². The summed E-state index contributed by atoms with van der Waals surface area (Å²) in [5.41, 5.74) is 5.39. The number of amides is 1. The number of carbonyl (C=O) groups excluding carboxylic acids is 1. The third-order valence-electron chi connectivity index (χ3n) is 1.52. The van der Waals surface area contributed by atoms with E-state index < -0.39 is 0 Å². The Labute approximate surface area is 64.7 Å². The molecule has 1 rings (SSSR count). The number of rotatable bonds is 1. The first-order chi connectivity index (χ1) is 4.84. The Kier molecular flexibility index (Phi) is 3.02. The lowest BCUT2D eigenvalue weighted by atomic mass is 10.2. The maximum atomic E-state index is 11.0. The Hall–Kier alpha value is -0.220. The van der Waals surface area contributed by atoms with Gasteiger partial charge < -0.3 is 11.1 Å². The predicted octanol–water partition coefficient (Wildman–Crippen LogP) is -0.576. The molecule has 0 aromatic heterocycles. The van der Waals surface area contributed by atoms with Gasteiger partial charge in [0.15, 0.2) is 0 Å². The second kappa shape index (κ2) is 3.83. The van der Waals surface area contributed by atoms with Gasteiger partial charge in [0.05, 0.1) is 5.92 Å². The minimum Gasteiger partial charge on any atom is -0.355 e. The topological polar surface area (TPSA) is 55.1 Å². The summed E-state index contributed by atoms with van der Waals surface area (Å²) >= 11 is 1.79. The van der Waals surface area contributed by atoms with Crippen molar-refractivity contribution in [1.29, 1.82) is 0 Å². The van der Waals surface area contributed by atoms with Crippen LogP contribution in [0.1, 0.15) is 0 Å². The molecule has 3 nitrogen and oxygen atoms in total. The van der Waals surface area contributed by atoms with E-state index in [0.29, 0.717) is 6.54 Å². The van der Waals surface area contributed by atoms with Crippen LogP contribution in [-0.4, -0.2) is 30.5 Å². The van der Waals surface area contributed by atoms with Crippen molar-refractivity contribution in [1.82, 2.24) is 5.32 Å². The molecule has 10 heavy (non-hydrogen) atoms. The molecule has 1 amide bonds. The number of nitrogens with two attached hydrogens (primary N) is 1. The molecule has 0 aromatic rings. The fourth-order valence-corrected chi connectivity index (χ4v) is 1.85. The average Bonchev–Trinajstić information content (AvgIpc) is 2.13. The highest BCUT2D eigenvalue weighted by molar-refractivity contribution is 7.99. The van der Waals surface area contributed by atoms with E-state index in [-0.39, 0.29) is 11.8 Å². The third kappa shape index (κ3) is 1.88. The van der Waals surface area contributed by atoms with Gasteiger partial charge in [-0.05, 0) is 0 Å². The molecule has 0 spiro atoms. The summed E-state index contributed by atoms with van der Waals surface area (Å²) < 4.78 is 0. The Balaban J connectivity index is 2.43. The van der Waals surface area contributed by atoms with Crippen molar-refractivity contribution in [2.45, 2.75) is 0 Å². The number of hydrogen-bond donors (Lipinski definition) is 2. The van der Waals surface area contributed by atoms with Gasteiger partial charge in [0, 0.05) is 24.6 Å². The van der Waals surface area contributed by atoms with Gasteiger partial charge >= 0.3 is 0 Å². The van der Waals surface area contributed by atoms with E-state index in [2.05, 4.69) is 5.32 Å². The summed E-state index contributed by atoms with van der Waals surface area (Å²) in [6.45, 7) is 1.26. The number of hydrogen-bond acceptors (Lipinski definition) is 3. The lowest BCUT2D eigenvalue weighted by Gasteiger charge is -2.07. The average molecular weight is 160 g/mol. The Bertz CT molecular complexity index is 129. The van der Waals surface area contributed by atoms with E-state index in [9.17, 15) is 4.79 Å². The summed E-state index contributed by atoms with van der Waals surface area (Å²) in [4.78, 5) is 11.0. The molecule has 1 aliphatic rings. The largest absolute Gasteiger partial charge is 0.355 e. The molecular formula is C6H12N2OS. The molecule has 1 heterocycles. The molecule has 0 aromatic carbocycles. The first-order valence-electron chi connectivity index (χ1n) is 3.40. The van der Waals surface area contributed by atoms with E-state index in [1.807, 2.05) is 0 Å². The molecule has 1 aliphatic heterocycles. The number of thioether (sulfide) groups is 1. The highest BCUT2D eigenvalue weighted by Gasteiger charge is 2.18. The molecule has 58 valence electrons. The highest BCUT2D eigenvalue weighted by atomic mass is 32.2. The van der Waals surface area contributed by atoms with E-state index in [4.69, 9.17) is 5.73 Å². The van der Waals surface area contributed by atoms with Crippen LogP contribution in [0.5, 0.6) is 0 Å². The van der Waals surface area contributed by atoms with Crippen molar-refractivity contribution in [2.24, 2.45) is 11.7 Å². The summed E-state index contributed by atoms with van der Waals surface area (Å²) in [5, 5.41) is 2.81. The number of nitrogens with one attached hydrogen (secondary N) is 1. The van der Waals surface area contributed by atoms with Crippen LogP contribution in [0.15, 0.2) is 0 Å². The molecule has 0 radical (unpaired) electrons. The molecule has 0 unspecified atom stereocenters. The SMILES string of the molecule is NC[C@@H]1CSCCNC1=O. The van der Waals surface area contributed by atoms with Gasteiger partial charge in [-0.15, -0.1) is 0 Å². The van der Waals surface area contributed by atoms with Crippen LogP contribution in [0.2, 0.25) is 0 Å². The monoisotopic (exact) mass is 160 g/mol. The van der Waals surface area contributed by atoms with Crippen molar-refractivity contribution in [3.63, 3.8) is 0 Å². The summed E-state index contributed by atoms with van der Waals surface area (Å²) in [7, 11) is 0. The van der Waals surface area contributed by atoms with Gasteiger partial charge in [0.2, 0.25) is 5.91 Å². The van der Waals surface area contributed by atoms with Crippen LogP contribution in [0.4, 0.5) is 0 Å². The summed E-state index contributed by atoms with van der Waals surface area (Å²) in [5.74, 6) is 2.05. The molecule has 1 fully saturated rings. The van der Waals surface area contributed by atoms with Crippen molar-refractivity contribution in [3.05, 3.63) is 0 Å². The molecule has 1 saturated heterocycles. The van der Waals surface area contributed by atoms with Crippen molar-refractivity contribution in [2.75, 3.05) is 24.6 Å². The third-order valence-corrected chi connectivity index (χ3v) is 2.65. The van der Waals surface area contributed by atoms with Crippen molar-refractivity contribution < 1.29 is 4.79 Å². The van der Waals surface area contributed by atoms with E-state index >= 15 is 0 Å². The molecule has 0 bridgehead atoms. The zero-order valence-electron chi connectivity index (χ0n) is 5.80. The zero-order chi connectivity index (χ0) is 7.40. The van der Waals surface area contributed by atoms with Crippen LogP contribution < -0.4 is 11.1 Å². The second-order valence-electron chi connectivity index (χ2n) is 2.30. The van der Waals surface area contributed by atoms with Crippen LogP contribution >= 0.6 is 11.8 Å². The molecular weight excluding hydrogens is 148 g/mol. The second-order valence-corrected chi connectivity index (χ2v) is 3.45. The van der Waals surface area contributed by atoms with Gasteiger partial charge in [-0.25, -0.2) is 0 Å². The van der Waals surface area contributed by atoms with Gasteiger partial charge in [-0.1, -0.05) is 0 Å². The Morgan fingerprint density at radius 3 is 3.30 bits per heavy atom. The minimum atomic E-state index is 0.0347. The highest BCUT2D eigenvalue weighted by Crippen LogP contribution is 2.10. The zero-order valence-corrected chi connectivity index (χ0v) is 6.62. The molecule has 0 saturated carbocycles. The summed E-state index contributed by atoms with van der Waals surface area (Å²) in [6.07, 6.45) is 0. The fourth-order valence-electron chi connectivity index (χ4n) is 0.867. The standard InChI is InChI=1S/C6H12N2OS/c7-3-5-4-10-2-1-8-6(5)9/h5H,1-4,7H2,(H,8,9)/t5-/m1/s1. The van der Waals surface area contributed by atoms with Crippen LogP contribution in [-0.2, 0) is 4.79 Å². The number of carbonyl (C=O) groups is 1. The smallest absolute Gasteiger partial charge is 0.225 e.